The van der Waals surface area contributed by atoms with E-state index in [1.54, 1.807) is 0 Å². The molecule has 18 heavy (non-hydrogen) atoms. The summed E-state index contributed by atoms with van der Waals surface area (Å²) < 4.78 is 0. The van der Waals surface area contributed by atoms with Gasteiger partial charge in [-0.05, 0) is 31.7 Å². The first-order valence-corrected chi connectivity index (χ1v) is 6.21. The topological polar surface area (TPSA) is 73.0 Å². The Morgan fingerprint density at radius 1 is 1.39 bits per heavy atom. The Hall–Kier alpha value is -1.67. The first-order valence-electron chi connectivity index (χ1n) is 6.21. The van der Waals surface area contributed by atoms with E-state index < -0.39 is 0 Å². The highest BCUT2D eigenvalue weighted by Crippen LogP contribution is 2.26. The quantitative estimate of drug-likeness (QED) is 0.805. The predicted molar refractivity (Wildman–Crippen MR) is 68.2 cm³/mol. The SMILES string of the molecule is Cc1nnc(N2CCC(C)C(O)C2)c(C#N)c1C. The monoisotopic (exact) mass is 246 g/mol. The van der Waals surface area contributed by atoms with E-state index in [1.165, 1.54) is 0 Å². The molecule has 0 aromatic carbocycles. The van der Waals surface area contributed by atoms with Crippen molar-refractivity contribution in [2.45, 2.75) is 33.3 Å². The summed E-state index contributed by atoms with van der Waals surface area (Å²) >= 11 is 0. The molecule has 0 amide bonds. The number of nitrogens with zero attached hydrogens (tertiary/aromatic N) is 4. The van der Waals surface area contributed by atoms with Crippen LogP contribution >= 0.6 is 0 Å². The molecule has 1 aliphatic rings. The molecular formula is C13H18N4O. The van der Waals surface area contributed by atoms with Crippen LogP contribution in [0, 0.1) is 31.1 Å². The van der Waals surface area contributed by atoms with Crippen LogP contribution < -0.4 is 4.90 Å². The van der Waals surface area contributed by atoms with Gasteiger partial charge in [0, 0.05) is 13.1 Å². The number of β-amino-alcohol motifs (C(OH)–C–C–N with tert-alkyl or cyclic N) is 1. The van der Waals surface area contributed by atoms with E-state index in [9.17, 15) is 10.4 Å². The molecule has 0 bridgehead atoms. The van der Waals surface area contributed by atoms with E-state index in [1.807, 2.05) is 25.7 Å². The summed E-state index contributed by atoms with van der Waals surface area (Å²) in [6, 6.07) is 2.20. The molecule has 1 aliphatic heterocycles. The van der Waals surface area contributed by atoms with Crippen molar-refractivity contribution in [2.24, 2.45) is 5.92 Å². The third-order valence-corrected chi connectivity index (χ3v) is 3.77. The smallest absolute Gasteiger partial charge is 0.169 e. The molecule has 96 valence electrons. The molecule has 1 saturated heterocycles. The second-order valence-corrected chi connectivity index (χ2v) is 5.00. The first kappa shape index (κ1) is 12.8. The van der Waals surface area contributed by atoms with Gasteiger partial charge in [-0.2, -0.15) is 10.4 Å². The number of aromatic nitrogens is 2. The number of hydrogen-bond donors (Lipinski definition) is 1. The normalized spacial score (nSPS) is 23.8. The van der Waals surface area contributed by atoms with E-state index >= 15 is 0 Å². The van der Waals surface area contributed by atoms with Crippen LogP contribution in [0.1, 0.15) is 30.2 Å². The zero-order chi connectivity index (χ0) is 13.3. The van der Waals surface area contributed by atoms with Gasteiger partial charge in [0.2, 0.25) is 0 Å². The molecule has 2 rings (SSSR count). The number of aryl methyl sites for hydroxylation is 1. The van der Waals surface area contributed by atoms with Gasteiger partial charge in [-0.3, -0.25) is 0 Å². The van der Waals surface area contributed by atoms with E-state index in [0.717, 1.165) is 24.2 Å². The fourth-order valence-electron chi connectivity index (χ4n) is 2.19. The zero-order valence-electron chi connectivity index (χ0n) is 11.0. The van der Waals surface area contributed by atoms with Crippen molar-refractivity contribution in [3.8, 4) is 6.07 Å². The van der Waals surface area contributed by atoms with Gasteiger partial charge in [-0.15, -0.1) is 5.10 Å². The third kappa shape index (κ3) is 2.16. The molecule has 2 heterocycles. The maximum absolute atomic E-state index is 9.92. The maximum Gasteiger partial charge on any atom is 0.169 e. The number of piperidine rings is 1. The van der Waals surface area contributed by atoms with Gasteiger partial charge in [0.25, 0.3) is 0 Å². The maximum atomic E-state index is 9.92. The molecule has 2 unspecified atom stereocenters. The molecule has 0 radical (unpaired) electrons. The summed E-state index contributed by atoms with van der Waals surface area (Å²) in [6.45, 7) is 7.10. The molecule has 5 nitrogen and oxygen atoms in total. The van der Waals surface area contributed by atoms with Crippen molar-refractivity contribution in [3.63, 3.8) is 0 Å². The standard InChI is InChI=1S/C13H18N4O/c1-8-4-5-17(7-12(8)18)13-11(6-14)9(2)10(3)15-16-13/h8,12,18H,4-5,7H2,1-3H3. The minimum Gasteiger partial charge on any atom is -0.391 e. The lowest BCUT2D eigenvalue weighted by molar-refractivity contribution is 0.102. The van der Waals surface area contributed by atoms with Crippen LogP contribution in [0.5, 0.6) is 0 Å². The zero-order valence-corrected chi connectivity index (χ0v) is 11.0. The van der Waals surface area contributed by atoms with Gasteiger partial charge in [0.1, 0.15) is 11.6 Å². The van der Waals surface area contributed by atoms with Crippen molar-refractivity contribution >= 4 is 5.82 Å². The van der Waals surface area contributed by atoms with Crippen LogP contribution in [0.2, 0.25) is 0 Å². The minimum absolute atomic E-state index is 0.297. The van der Waals surface area contributed by atoms with Gasteiger partial charge in [0.05, 0.1) is 11.8 Å². The Labute approximate surface area is 107 Å². The fraction of sp³-hybridized carbons (Fsp3) is 0.615. The summed E-state index contributed by atoms with van der Waals surface area (Å²) in [4.78, 5) is 1.96. The second kappa shape index (κ2) is 4.91. The lowest BCUT2D eigenvalue weighted by atomic mass is 9.95. The molecule has 0 spiro atoms. The molecule has 2 atom stereocenters. The Morgan fingerprint density at radius 2 is 2.11 bits per heavy atom. The van der Waals surface area contributed by atoms with Gasteiger partial charge in [-0.1, -0.05) is 6.92 Å². The summed E-state index contributed by atoms with van der Waals surface area (Å²) in [6.07, 6.45) is 0.536. The minimum atomic E-state index is -0.367. The summed E-state index contributed by atoms with van der Waals surface area (Å²) in [5, 5.41) is 27.4. The van der Waals surface area contributed by atoms with Gasteiger partial charge in [-0.25, -0.2) is 0 Å². The highest BCUT2D eigenvalue weighted by atomic mass is 16.3. The Bertz CT molecular complexity index is 494. The van der Waals surface area contributed by atoms with E-state index in [2.05, 4.69) is 16.3 Å². The largest absolute Gasteiger partial charge is 0.391 e. The van der Waals surface area contributed by atoms with Gasteiger partial charge in [0.15, 0.2) is 5.82 Å². The Balaban J connectivity index is 2.35. The number of nitriles is 1. The van der Waals surface area contributed by atoms with Crippen molar-refractivity contribution in [2.75, 3.05) is 18.0 Å². The van der Waals surface area contributed by atoms with Crippen LogP contribution in [0.15, 0.2) is 0 Å². The molecule has 1 fully saturated rings. The van der Waals surface area contributed by atoms with Crippen molar-refractivity contribution in [1.82, 2.24) is 10.2 Å². The van der Waals surface area contributed by atoms with E-state index in [0.29, 0.717) is 23.8 Å². The molecule has 1 aromatic rings. The lowest BCUT2D eigenvalue weighted by Gasteiger charge is -2.35. The van der Waals surface area contributed by atoms with Crippen LogP contribution in [0.25, 0.3) is 0 Å². The number of rotatable bonds is 1. The average molecular weight is 246 g/mol. The number of hydrogen-bond acceptors (Lipinski definition) is 5. The van der Waals surface area contributed by atoms with Crippen molar-refractivity contribution in [1.29, 1.82) is 5.26 Å². The average Bonchev–Trinajstić information content (AvgIpc) is 2.36. The Morgan fingerprint density at radius 3 is 2.72 bits per heavy atom. The summed E-state index contributed by atoms with van der Waals surface area (Å²) in [5.74, 6) is 0.901. The van der Waals surface area contributed by atoms with Crippen molar-refractivity contribution in [3.05, 3.63) is 16.8 Å². The van der Waals surface area contributed by atoms with Crippen LogP contribution in [0.3, 0.4) is 0 Å². The number of anilines is 1. The third-order valence-electron chi connectivity index (χ3n) is 3.77. The fourth-order valence-corrected chi connectivity index (χ4v) is 2.19. The van der Waals surface area contributed by atoms with E-state index in [4.69, 9.17) is 0 Å². The van der Waals surface area contributed by atoms with Crippen LogP contribution in [-0.4, -0.2) is 34.5 Å². The molecule has 1 N–H and O–H groups in total. The van der Waals surface area contributed by atoms with Crippen LogP contribution in [0.4, 0.5) is 5.82 Å². The van der Waals surface area contributed by atoms with Gasteiger partial charge >= 0.3 is 0 Å². The van der Waals surface area contributed by atoms with E-state index in [-0.39, 0.29) is 6.10 Å². The number of aliphatic hydroxyl groups excluding tert-OH is 1. The molecule has 5 heteroatoms. The van der Waals surface area contributed by atoms with Crippen molar-refractivity contribution < 1.29 is 5.11 Å². The molecule has 1 aromatic heterocycles. The first-order chi connectivity index (χ1) is 8.54. The predicted octanol–water partition coefficient (Wildman–Crippen LogP) is 1.17. The highest BCUT2D eigenvalue weighted by molar-refractivity contribution is 5.57. The second-order valence-electron chi connectivity index (χ2n) is 5.00. The van der Waals surface area contributed by atoms with Gasteiger partial charge < -0.3 is 10.0 Å². The highest BCUT2D eigenvalue weighted by Gasteiger charge is 2.27. The lowest BCUT2D eigenvalue weighted by Crippen LogP contribution is -2.43. The number of aliphatic hydroxyl groups is 1. The molecule has 0 saturated carbocycles. The molecule has 0 aliphatic carbocycles. The Kier molecular flexibility index (Phi) is 3.48. The summed E-state index contributed by atoms with van der Waals surface area (Å²) in [5.41, 5.74) is 2.22. The van der Waals surface area contributed by atoms with Crippen LogP contribution in [-0.2, 0) is 0 Å². The summed E-state index contributed by atoms with van der Waals surface area (Å²) in [7, 11) is 0. The molecular weight excluding hydrogens is 228 g/mol.